The minimum Gasteiger partial charge on any atom is -0.342 e. The number of hydrogen-bond acceptors (Lipinski definition) is 3. The molecule has 0 saturated carbocycles. The highest BCUT2D eigenvalue weighted by atomic mass is 19.1. The molecule has 132 valence electrons. The monoisotopic (exact) mass is 336 g/mol. The van der Waals surface area contributed by atoms with Gasteiger partial charge in [-0.05, 0) is 38.1 Å². The Hall–Kier alpha value is -2.15. The molecule has 7 heteroatoms. The van der Waals surface area contributed by atoms with E-state index in [1.165, 1.54) is 24.3 Å². The summed E-state index contributed by atoms with van der Waals surface area (Å²) in [5.74, 6) is -0.205. The molecule has 1 N–H and O–H groups in total. The molecule has 0 radical (unpaired) electrons. The molecule has 0 spiro atoms. The van der Waals surface area contributed by atoms with Crippen molar-refractivity contribution in [3.05, 3.63) is 30.1 Å². The van der Waals surface area contributed by atoms with Gasteiger partial charge in [-0.1, -0.05) is 0 Å². The summed E-state index contributed by atoms with van der Waals surface area (Å²) in [5, 5.41) is 2.76. The minimum absolute atomic E-state index is 0.129. The molecule has 1 fully saturated rings. The number of nitrogens with zero attached hydrogens (tertiary/aromatic N) is 3. The minimum atomic E-state index is -0.334. The fourth-order valence-electron chi connectivity index (χ4n) is 2.71. The summed E-state index contributed by atoms with van der Waals surface area (Å²) >= 11 is 0. The van der Waals surface area contributed by atoms with Gasteiger partial charge >= 0.3 is 6.03 Å². The average Bonchev–Trinajstić information content (AvgIpc) is 2.58. The van der Waals surface area contributed by atoms with Crippen LogP contribution in [0.4, 0.5) is 14.9 Å². The number of rotatable bonds is 5. The first-order valence-corrected chi connectivity index (χ1v) is 8.35. The number of hydrogen-bond donors (Lipinski definition) is 1. The van der Waals surface area contributed by atoms with E-state index in [0.29, 0.717) is 38.4 Å². The van der Waals surface area contributed by atoms with Gasteiger partial charge in [0.2, 0.25) is 5.91 Å². The SMILES string of the molecule is CCN(CC)C(=O)CN1CCN(C(=O)Nc2ccc(F)cc2)CC1. The number of carbonyl (C=O) groups excluding carboxylic acids is 2. The Morgan fingerprint density at radius 2 is 1.67 bits per heavy atom. The molecule has 1 saturated heterocycles. The molecule has 1 aliphatic rings. The Kier molecular flexibility index (Phi) is 6.54. The molecule has 1 aliphatic heterocycles. The van der Waals surface area contributed by atoms with Gasteiger partial charge in [-0.3, -0.25) is 9.69 Å². The van der Waals surface area contributed by atoms with Crippen molar-refractivity contribution in [1.82, 2.24) is 14.7 Å². The lowest BCUT2D eigenvalue weighted by atomic mass is 10.3. The van der Waals surface area contributed by atoms with E-state index in [1.807, 2.05) is 18.7 Å². The molecular weight excluding hydrogens is 311 g/mol. The second-order valence-corrected chi connectivity index (χ2v) is 5.77. The van der Waals surface area contributed by atoms with Crippen molar-refractivity contribution >= 4 is 17.6 Å². The lowest BCUT2D eigenvalue weighted by molar-refractivity contribution is -0.132. The highest BCUT2D eigenvalue weighted by Crippen LogP contribution is 2.10. The van der Waals surface area contributed by atoms with Gasteiger partial charge < -0.3 is 15.1 Å². The molecule has 6 nitrogen and oxygen atoms in total. The van der Waals surface area contributed by atoms with E-state index in [4.69, 9.17) is 0 Å². The Balaban J connectivity index is 1.78. The van der Waals surface area contributed by atoms with Crippen LogP contribution >= 0.6 is 0 Å². The first kappa shape index (κ1) is 18.2. The molecule has 1 aromatic rings. The predicted molar refractivity (Wildman–Crippen MR) is 91.4 cm³/mol. The number of urea groups is 1. The second-order valence-electron chi connectivity index (χ2n) is 5.77. The van der Waals surface area contributed by atoms with Gasteiger partial charge in [-0.15, -0.1) is 0 Å². The van der Waals surface area contributed by atoms with E-state index in [1.54, 1.807) is 4.90 Å². The zero-order valence-corrected chi connectivity index (χ0v) is 14.3. The fourth-order valence-corrected chi connectivity index (χ4v) is 2.71. The average molecular weight is 336 g/mol. The van der Waals surface area contributed by atoms with Crippen molar-refractivity contribution < 1.29 is 14.0 Å². The lowest BCUT2D eigenvalue weighted by Crippen LogP contribution is -2.52. The third kappa shape index (κ3) is 4.92. The van der Waals surface area contributed by atoms with Crippen LogP contribution in [0.15, 0.2) is 24.3 Å². The number of amides is 3. The number of carbonyl (C=O) groups is 2. The number of halogens is 1. The summed E-state index contributed by atoms with van der Waals surface area (Å²) in [6, 6.07) is 5.49. The van der Waals surface area contributed by atoms with Gasteiger partial charge in [0.25, 0.3) is 0 Å². The zero-order valence-electron chi connectivity index (χ0n) is 14.3. The molecule has 3 amide bonds. The molecular formula is C17H25FN4O2. The van der Waals surface area contributed by atoms with Gasteiger partial charge in [-0.25, -0.2) is 9.18 Å². The standard InChI is InChI=1S/C17H25FN4O2/c1-3-21(4-2)16(23)13-20-9-11-22(12-10-20)17(24)19-15-7-5-14(18)6-8-15/h5-8H,3-4,9-13H2,1-2H3,(H,19,24). The first-order chi connectivity index (χ1) is 11.5. The normalized spacial score (nSPS) is 15.2. The van der Waals surface area contributed by atoms with E-state index < -0.39 is 0 Å². The van der Waals surface area contributed by atoms with Crippen LogP contribution in [-0.2, 0) is 4.79 Å². The first-order valence-electron chi connectivity index (χ1n) is 8.35. The van der Waals surface area contributed by atoms with E-state index in [0.717, 1.165) is 13.1 Å². The van der Waals surface area contributed by atoms with Crippen LogP contribution in [-0.4, -0.2) is 72.5 Å². The van der Waals surface area contributed by atoms with Crippen molar-refractivity contribution in [2.75, 3.05) is 51.1 Å². The fraction of sp³-hybridized carbons (Fsp3) is 0.529. The second kappa shape index (κ2) is 8.63. The maximum atomic E-state index is 12.9. The molecule has 0 unspecified atom stereocenters. The van der Waals surface area contributed by atoms with Gasteiger partial charge in [-0.2, -0.15) is 0 Å². The molecule has 0 atom stereocenters. The van der Waals surface area contributed by atoms with Gasteiger partial charge in [0.15, 0.2) is 0 Å². The predicted octanol–water partition coefficient (Wildman–Crippen LogP) is 1.84. The van der Waals surface area contributed by atoms with Crippen molar-refractivity contribution in [3.8, 4) is 0 Å². The largest absolute Gasteiger partial charge is 0.342 e. The highest BCUT2D eigenvalue weighted by Gasteiger charge is 2.23. The topological polar surface area (TPSA) is 55.9 Å². The Morgan fingerprint density at radius 1 is 1.08 bits per heavy atom. The zero-order chi connectivity index (χ0) is 17.5. The van der Waals surface area contributed by atoms with Gasteiger partial charge in [0, 0.05) is 45.0 Å². The van der Waals surface area contributed by atoms with Gasteiger partial charge in [0.05, 0.1) is 6.54 Å². The molecule has 1 heterocycles. The van der Waals surface area contributed by atoms with Gasteiger partial charge in [0.1, 0.15) is 5.82 Å². The van der Waals surface area contributed by atoms with Crippen molar-refractivity contribution in [1.29, 1.82) is 0 Å². The van der Waals surface area contributed by atoms with Crippen LogP contribution in [0.5, 0.6) is 0 Å². The molecule has 2 rings (SSSR count). The Morgan fingerprint density at radius 3 is 2.21 bits per heavy atom. The van der Waals surface area contributed by atoms with Crippen molar-refractivity contribution in [2.24, 2.45) is 0 Å². The quantitative estimate of drug-likeness (QED) is 0.893. The number of anilines is 1. The number of benzene rings is 1. The van der Waals surface area contributed by atoms with Crippen LogP contribution in [0.25, 0.3) is 0 Å². The van der Waals surface area contributed by atoms with E-state index in [9.17, 15) is 14.0 Å². The van der Waals surface area contributed by atoms with Crippen LogP contribution in [0, 0.1) is 5.82 Å². The molecule has 0 bridgehead atoms. The molecule has 0 aromatic heterocycles. The maximum Gasteiger partial charge on any atom is 0.321 e. The molecule has 0 aliphatic carbocycles. The number of nitrogens with one attached hydrogen (secondary N) is 1. The number of likely N-dealkylation sites (N-methyl/N-ethyl adjacent to an activating group) is 1. The van der Waals surface area contributed by atoms with E-state index in [-0.39, 0.29) is 17.8 Å². The third-order valence-corrected chi connectivity index (χ3v) is 4.23. The van der Waals surface area contributed by atoms with Crippen molar-refractivity contribution in [3.63, 3.8) is 0 Å². The summed E-state index contributed by atoms with van der Waals surface area (Å²) < 4.78 is 12.9. The van der Waals surface area contributed by atoms with Crippen LogP contribution < -0.4 is 5.32 Å². The Bertz CT molecular complexity index is 552. The lowest BCUT2D eigenvalue weighted by Gasteiger charge is -2.35. The smallest absolute Gasteiger partial charge is 0.321 e. The van der Waals surface area contributed by atoms with Crippen LogP contribution in [0.3, 0.4) is 0 Å². The summed E-state index contributed by atoms with van der Waals surface area (Å²) in [6.45, 7) is 8.25. The third-order valence-electron chi connectivity index (χ3n) is 4.23. The summed E-state index contributed by atoms with van der Waals surface area (Å²) in [6.07, 6.45) is 0. The van der Waals surface area contributed by atoms with Crippen LogP contribution in [0.1, 0.15) is 13.8 Å². The van der Waals surface area contributed by atoms with Crippen LogP contribution in [0.2, 0.25) is 0 Å². The summed E-state index contributed by atoms with van der Waals surface area (Å²) in [5.41, 5.74) is 0.570. The van der Waals surface area contributed by atoms with Crippen molar-refractivity contribution in [2.45, 2.75) is 13.8 Å². The molecule has 1 aromatic carbocycles. The number of piperazine rings is 1. The van der Waals surface area contributed by atoms with E-state index in [2.05, 4.69) is 10.2 Å². The van der Waals surface area contributed by atoms with E-state index >= 15 is 0 Å². The summed E-state index contributed by atoms with van der Waals surface area (Å²) in [7, 11) is 0. The Labute approximate surface area is 142 Å². The maximum absolute atomic E-state index is 12.9. The summed E-state index contributed by atoms with van der Waals surface area (Å²) in [4.78, 5) is 29.9. The highest BCUT2D eigenvalue weighted by molar-refractivity contribution is 5.89. The molecule has 24 heavy (non-hydrogen) atoms.